The number of anilines is 1. The second kappa shape index (κ2) is 6.05. The SMILES string of the molecule is O=C(O)c1ccc(Br)c(S(=O)(=O)Nc2ccccc2Cl)c1. The number of halogens is 2. The molecule has 0 heterocycles. The maximum absolute atomic E-state index is 12.4. The molecular weight excluding hydrogens is 382 g/mol. The van der Waals surface area contributed by atoms with Crippen LogP contribution in [0.1, 0.15) is 10.4 Å². The van der Waals surface area contributed by atoms with Crippen LogP contribution >= 0.6 is 27.5 Å². The number of carboxylic acids is 1. The van der Waals surface area contributed by atoms with Crippen molar-refractivity contribution in [1.29, 1.82) is 0 Å². The van der Waals surface area contributed by atoms with Gasteiger partial charge in [0.25, 0.3) is 10.0 Å². The lowest BCUT2D eigenvalue weighted by atomic mass is 10.2. The van der Waals surface area contributed by atoms with Crippen LogP contribution in [-0.2, 0) is 10.0 Å². The van der Waals surface area contributed by atoms with Crippen LogP contribution in [0.15, 0.2) is 51.8 Å². The van der Waals surface area contributed by atoms with Crippen LogP contribution in [0.25, 0.3) is 0 Å². The molecule has 110 valence electrons. The number of nitrogens with one attached hydrogen (secondary N) is 1. The van der Waals surface area contributed by atoms with Crippen molar-refractivity contribution in [3.8, 4) is 0 Å². The summed E-state index contributed by atoms with van der Waals surface area (Å²) in [5.74, 6) is -1.21. The van der Waals surface area contributed by atoms with Crippen LogP contribution in [0.3, 0.4) is 0 Å². The van der Waals surface area contributed by atoms with Crippen LogP contribution in [0.5, 0.6) is 0 Å². The van der Waals surface area contributed by atoms with Crippen LogP contribution in [0.2, 0.25) is 5.02 Å². The predicted octanol–water partition coefficient (Wildman–Crippen LogP) is 3.60. The van der Waals surface area contributed by atoms with Gasteiger partial charge in [-0.2, -0.15) is 0 Å². The van der Waals surface area contributed by atoms with Crippen molar-refractivity contribution in [3.05, 3.63) is 57.5 Å². The zero-order valence-electron chi connectivity index (χ0n) is 10.4. The zero-order chi connectivity index (χ0) is 15.6. The molecule has 0 radical (unpaired) electrons. The molecule has 0 aliphatic carbocycles. The predicted molar refractivity (Wildman–Crippen MR) is 83.4 cm³/mol. The summed E-state index contributed by atoms with van der Waals surface area (Å²) in [6.07, 6.45) is 0. The first kappa shape index (κ1) is 15.8. The summed E-state index contributed by atoms with van der Waals surface area (Å²) >= 11 is 9.01. The maximum atomic E-state index is 12.4. The first-order valence-electron chi connectivity index (χ1n) is 5.61. The molecule has 8 heteroatoms. The van der Waals surface area contributed by atoms with Gasteiger partial charge in [0, 0.05) is 4.47 Å². The van der Waals surface area contributed by atoms with E-state index in [0.717, 1.165) is 6.07 Å². The van der Waals surface area contributed by atoms with Gasteiger partial charge in [-0.05, 0) is 46.3 Å². The summed E-state index contributed by atoms with van der Waals surface area (Å²) < 4.78 is 27.3. The summed E-state index contributed by atoms with van der Waals surface area (Å²) in [5, 5.41) is 9.19. The van der Waals surface area contributed by atoms with Crippen molar-refractivity contribution in [3.63, 3.8) is 0 Å². The first-order chi connectivity index (χ1) is 9.81. The summed E-state index contributed by atoms with van der Waals surface area (Å²) in [4.78, 5) is 10.8. The Morgan fingerprint density at radius 3 is 2.48 bits per heavy atom. The molecule has 0 unspecified atom stereocenters. The van der Waals surface area contributed by atoms with E-state index in [1.807, 2.05) is 0 Å². The molecule has 0 saturated heterocycles. The highest BCUT2D eigenvalue weighted by molar-refractivity contribution is 9.10. The molecule has 0 aliphatic heterocycles. The Hall–Kier alpha value is -1.57. The lowest BCUT2D eigenvalue weighted by molar-refractivity contribution is 0.0696. The number of carbonyl (C=O) groups is 1. The molecule has 5 nitrogen and oxygen atoms in total. The fourth-order valence-corrected chi connectivity index (χ4v) is 3.90. The number of hydrogen-bond donors (Lipinski definition) is 2. The average molecular weight is 391 g/mol. The molecule has 2 aromatic carbocycles. The number of para-hydroxylation sites is 1. The maximum Gasteiger partial charge on any atom is 0.335 e. The van der Waals surface area contributed by atoms with Crippen molar-refractivity contribution >= 4 is 49.2 Å². The molecule has 2 N–H and O–H groups in total. The van der Waals surface area contributed by atoms with Gasteiger partial charge in [0.05, 0.1) is 16.3 Å². The third-order valence-corrected chi connectivity index (χ3v) is 5.27. The van der Waals surface area contributed by atoms with E-state index in [9.17, 15) is 13.2 Å². The Morgan fingerprint density at radius 2 is 1.86 bits per heavy atom. The molecule has 0 bridgehead atoms. The number of rotatable bonds is 4. The summed E-state index contributed by atoms with van der Waals surface area (Å²) in [6.45, 7) is 0. The largest absolute Gasteiger partial charge is 0.478 e. The number of aromatic carboxylic acids is 1. The number of carboxylic acid groups (broad SMARTS) is 1. The molecule has 0 aliphatic rings. The molecule has 0 aromatic heterocycles. The molecule has 21 heavy (non-hydrogen) atoms. The molecule has 0 atom stereocenters. The normalized spacial score (nSPS) is 11.1. The van der Waals surface area contributed by atoms with Crippen molar-refractivity contribution in [1.82, 2.24) is 0 Å². The van der Waals surface area contributed by atoms with E-state index in [0.29, 0.717) is 0 Å². The Bertz CT molecular complexity index is 808. The van der Waals surface area contributed by atoms with Gasteiger partial charge in [0.15, 0.2) is 0 Å². The number of benzene rings is 2. The first-order valence-corrected chi connectivity index (χ1v) is 8.27. The minimum absolute atomic E-state index is 0.127. The average Bonchev–Trinajstić information content (AvgIpc) is 2.41. The van der Waals surface area contributed by atoms with Crippen molar-refractivity contribution < 1.29 is 18.3 Å². The van der Waals surface area contributed by atoms with Crippen molar-refractivity contribution in [2.24, 2.45) is 0 Å². The third kappa shape index (κ3) is 3.55. The Balaban J connectivity index is 2.47. The Kier molecular flexibility index (Phi) is 4.55. The zero-order valence-corrected chi connectivity index (χ0v) is 13.5. The van der Waals surface area contributed by atoms with Gasteiger partial charge in [-0.1, -0.05) is 23.7 Å². The van der Waals surface area contributed by atoms with Crippen LogP contribution < -0.4 is 4.72 Å². The van der Waals surface area contributed by atoms with E-state index in [1.165, 1.54) is 18.2 Å². The molecule has 0 amide bonds. The highest BCUT2D eigenvalue weighted by Gasteiger charge is 2.20. The van der Waals surface area contributed by atoms with Crippen LogP contribution in [0, 0.1) is 0 Å². The van der Waals surface area contributed by atoms with Gasteiger partial charge in [-0.25, -0.2) is 13.2 Å². The molecule has 0 spiro atoms. The van der Waals surface area contributed by atoms with Gasteiger partial charge < -0.3 is 5.11 Å². The monoisotopic (exact) mass is 389 g/mol. The van der Waals surface area contributed by atoms with Gasteiger partial charge in [-0.3, -0.25) is 4.72 Å². The van der Waals surface area contributed by atoms with E-state index in [4.69, 9.17) is 16.7 Å². The molecule has 2 aromatic rings. The van der Waals surface area contributed by atoms with Gasteiger partial charge in [-0.15, -0.1) is 0 Å². The van der Waals surface area contributed by atoms with Crippen LogP contribution in [-0.4, -0.2) is 19.5 Å². The number of sulfonamides is 1. The summed E-state index contributed by atoms with van der Waals surface area (Å²) in [5.41, 5.74) is 0.0875. The number of hydrogen-bond acceptors (Lipinski definition) is 3. The van der Waals surface area contributed by atoms with Crippen molar-refractivity contribution in [2.75, 3.05) is 4.72 Å². The highest BCUT2D eigenvalue weighted by atomic mass is 79.9. The summed E-state index contributed by atoms with van der Waals surface area (Å²) in [7, 11) is -3.97. The van der Waals surface area contributed by atoms with Crippen LogP contribution in [0.4, 0.5) is 5.69 Å². The topological polar surface area (TPSA) is 83.5 Å². The van der Waals surface area contributed by atoms with E-state index < -0.39 is 16.0 Å². The quantitative estimate of drug-likeness (QED) is 0.835. The van der Waals surface area contributed by atoms with Gasteiger partial charge >= 0.3 is 5.97 Å². The van der Waals surface area contributed by atoms with E-state index >= 15 is 0 Å². The lowest BCUT2D eigenvalue weighted by Crippen LogP contribution is -2.14. The van der Waals surface area contributed by atoms with E-state index in [2.05, 4.69) is 20.7 Å². The standard InChI is InChI=1S/C13H9BrClNO4S/c14-9-6-5-8(13(17)18)7-12(9)21(19,20)16-11-4-2-1-3-10(11)15/h1-7,16H,(H,17,18). The van der Waals surface area contributed by atoms with Gasteiger partial charge in [0.2, 0.25) is 0 Å². The molecule has 0 saturated carbocycles. The lowest BCUT2D eigenvalue weighted by Gasteiger charge is -2.11. The summed E-state index contributed by atoms with van der Waals surface area (Å²) in [6, 6.07) is 10.1. The van der Waals surface area contributed by atoms with E-state index in [1.54, 1.807) is 18.2 Å². The molecular formula is C13H9BrClNO4S. The Labute approximate surface area is 134 Å². The second-order valence-electron chi connectivity index (χ2n) is 4.04. The Morgan fingerprint density at radius 1 is 1.19 bits per heavy atom. The molecule has 2 rings (SSSR count). The van der Waals surface area contributed by atoms with Crippen molar-refractivity contribution in [2.45, 2.75) is 4.90 Å². The fraction of sp³-hybridized carbons (Fsp3) is 0. The molecule has 0 fully saturated rings. The smallest absolute Gasteiger partial charge is 0.335 e. The minimum atomic E-state index is -3.97. The van der Waals surface area contributed by atoms with Gasteiger partial charge in [0.1, 0.15) is 4.90 Å². The third-order valence-electron chi connectivity index (χ3n) is 2.59. The minimum Gasteiger partial charge on any atom is -0.478 e. The highest BCUT2D eigenvalue weighted by Crippen LogP contribution is 2.28. The fourth-order valence-electron chi connectivity index (χ4n) is 1.59. The second-order valence-corrected chi connectivity index (χ2v) is 6.95. The van der Waals surface area contributed by atoms with E-state index in [-0.39, 0.29) is 25.6 Å².